The van der Waals surface area contributed by atoms with Gasteiger partial charge in [-0.05, 0) is 24.7 Å². The third kappa shape index (κ3) is 4.54. The second kappa shape index (κ2) is 7.90. The maximum Gasteiger partial charge on any atom is 0.225 e. The second-order valence-corrected chi connectivity index (χ2v) is 5.83. The van der Waals surface area contributed by atoms with Crippen molar-refractivity contribution < 1.29 is 4.79 Å². The minimum absolute atomic E-state index is 0.137. The average molecular weight is 335 g/mol. The predicted octanol–water partition coefficient (Wildman–Crippen LogP) is 2.23. The van der Waals surface area contributed by atoms with E-state index in [1.54, 1.807) is 23.4 Å². The van der Waals surface area contributed by atoms with Crippen LogP contribution in [0.5, 0.6) is 0 Å². The fraction of sp³-hybridized carbons (Fsp3) is 0.286. The van der Waals surface area contributed by atoms with Gasteiger partial charge in [-0.3, -0.25) is 10.2 Å². The zero-order valence-electron chi connectivity index (χ0n) is 12.4. The molecule has 1 aromatic carbocycles. The molecule has 0 aliphatic rings. The topological polar surface area (TPSA) is 71.8 Å². The van der Waals surface area contributed by atoms with Gasteiger partial charge in [-0.15, -0.1) is 10.2 Å². The molecule has 1 aromatic heterocycles. The van der Waals surface area contributed by atoms with Gasteiger partial charge in [-0.2, -0.15) is 0 Å². The summed E-state index contributed by atoms with van der Waals surface area (Å²) in [5.74, 6) is 1.31. The normalized spacial score (nSPS) is 10.3. The van der Waals surface area contributed by atoms with Gasteiger partial charge in [0.15, 0.2) is 5.11 Å². The molecule has 0 atom stereocenters. The summed E-state index contributed by atoms with van der Waals surface area (Å²) >= 11 is 6.65. The minimum Gasteiger partial charge on any atom is -0.302 e. The number of carbonyl (C=O) groups excluding carboxylic acids is 1. The summed E-state index contributed by atoms with van der Waals surface area (Å²) in [6, 6.07) is 10.1. The number of thiocarbonyl (C=S) groups is 1. The van der Waals surface area contributed by atoms with E-state index < -0.39 is 0 Å². The van der Waals surface area contributed by atoms with Gasteiger partial charge in [0.2, 0.25) is 11.1 Å². The summed E-state index contributed by atoms with van der Waals surface area (Å²) in [5.41, 5.74) is 4.13. The zero-order valence-corrected chi connectivity index (χ0v) is 14.0. The van der Waals surface area contributed by atoms with Crippen LogP contribution in [0.25, 0.3) is 0 Å². The molecule has 0 bridgehead atoms. The molecule has 1 heterocycles. The zero-order chi connectivity index (χ0) is 15.9. The molecule has 0 radical (unpaired) electrons. The summed E-state index contributed by atoms with van der Waals surface area (Å²) in [6.07, 6.45) is 0.374. The molecule has 2 aromatic rings. The molecule has 8 heteroatoms. The van der Waals surface area contributed by atoms with E-state index in [4.69, 9.17) is 12.2 Å². The van der Waals surface area contributed by atoms with Crippen molar-refractivity contribution in [3.63, 3.8) is 0 Å². The number of thioether (sulfide) groups is 1. The Hall–Kier alpha value is -1.93. The summed E-state index contributed by atoms with van der Waals surface area (Å²) < 4.78 is 1.67. The molecule has 0 aliphatic carbocycles. The van der Waals surface area contributed by atoms with E-state index in [9.17, 15) is 4.79 Å². The van der Waals surface area contributed by atoms with Crippen LogP contribution in [0.2, 0.25) is 0 Å². The molecule has 0 unspecified atom stereocenters. The molecule has 116 valence electrons. The lowest BCUT2D eigenvalue weighted by atomic mass is 10.2. The van der Waals surface area contributed by atoms with E-state index in [0.29, 0.717) is 17.4 Å². The molecule has 22 heavy (non-hydrogen) atoms. The molecule has 0 spiro atoms. The van der Waals surface area contributed by atoms with Crippen molar-refractivity contribution in [2.45, 2.75) is 31.2 Å². The molecule has 2 rings (SSSR count). The first-order valence-corrected chi connectivity index (χ1v) is 8.19. The standard InChI is InChI=1S/C14H17N5OS2/c1-3-12(20)15-13(21)18-19-10(2)16-17-14(19)22-9-11-7-5-4-6-8-11/h4-8H,3,9H2,1-2H3,(H2,15,18,20,21). The Labute approximate surface area is 138 Å². The number of nitrogens with zero attached hydrogens (tertiary/aromatic N) is 3. The van der Waals surface area contributed by atoms with Gasteiger partial charge in [0.1, 0.15) is 5.82 Å². The van der Waals surface area contributed by atoms with E-state index in [1.165, 1.54) is 5.56 Å². The third-order valence-corrected chi connectivity index (χ3v) is 3.99. The highest BCUT2D eigenvalue weighted by atomic mass is 32.2. The van der Waals surface area contributed by atoms with E-state index in [2.05, 4.69) is 33.1 Å². The molecule has 6 nitrogen and oxygen atoms in total. The SMILES string of the molecule is CCC(=O)NC(=S)Nn1c(C)nnc1SCc1ccccc1. The number of benzene rings is 1. The number of nitrogens with one attached hydrogen (secondary N) is 2. The maximum absolute atomic E-state index is 11.3. The molecule has 1 amide bonds. The Bertz CT molecular complexity index is 657. The largest absolute Gasteiger partial charge is 0.302 e. The number of aryl methyl sites for hydroxylation is 1. The number of amides is 1. The van der Waals surface area contributed by atoms with Gasteiger partial charge < -0.3 is 5.32 Å². The van der Waals surface area contributed by atoms with Crippen molar-refractivity contribution >= 4 is 35.0 Å². The monoisotopic (exact) mass is 335 g/mol. The molecule has 0 saturated carbocycles. The van der Waals surface area contributed by atoms with E-state index in [1.807, 2.05) is 25.1 Å². The Balaban J connectivity index is 2.01. The quantitative estimate of drug-likeness (QED) is 0.645. The lowest BCUT2D eigenvalue weighted by Crippen LogP contribution is -2.38. The molecule has 0 fully saturated rings. The van der Waals surface area contributed by atoms with Gasteiger partial charge in [0.25, 0.3) is 0 Å². The minimum atomic E-state index is -0.137. The Morgan fingerprint density at radius 3 is 2.73 bits per heavy atom. The van der Waals surface area contributed by atoms with Crippen LogP contribution in [0.4, 0.5) is 0 Å². The van der Waals surface area contributed by atoms with Crippen LogP contribution in [0.1, 0.15) is 24.7 Å². The van der Waals surface area contributed by atoms with E-state index in [0.717, 1.165) is 5.75 Å². The summed E-state index contributed by atoms with van der Waals surface area (Å²) in [5, 5.41) is 11.7. The number of hydrogen-bond acceptors (Lipinski definition) is 5. The van der Waals surface area contributed by atoms with Crippen molar-refractivity contribution in [3.8, 4) is 0 Å². The average Bonchev–Trinajstić information content (AvgIpc) is 2.86. The first-order chi connectivity index (χ1) is 10.6. The van der Waals surface area contributed by atoms with Crippen molar-refractivity contribution in [1.29, 1.82) is 0 Å². The summed E-state index contributed by atoms with van der Waals surface area (Å²) in [4.78, 5) is 11.3. The van der Waals surface area contributed by atoms with Crippen LogP contribution < -0.4 is 10.7 Å². The molecule has 0 aliphatic heterocycles. The van der Waals surface area contributed by atoms with Crippen molar-refractivity contribution in [3.05, 3.63) is 41.7 Å². The highest BCUT2D eigenvalue weighted by Gasteiger charge is 2.11. The Morgan fingerprint density at radius 1 is 1.32 bits per heavy atom. The van der Waals surface area contributed by atoms with Crippen LogP contribution in [0.15, 0.2) is 35.5 Å². The van der Waals surface area contributed by atoms with Gasteiger partial charge in [0.05, 0.1) is 0 Å². The highest BCUT2D eigenvalue weighted by molar-refractivity contribution is 7.98. The Morgan fingerprint density at radius 2 is 2.05 bits per heavy atom. The van der Waals surface area contributed by atoms with Crippen molar-refractivity contribution in [2.24, 2.45) is 0 Å². The smallest absolute Gasteiger partial charge is 0.225 e. The predicted molar refractivity (Wildman–Crippen MR) is 91.2 cm³/mol. The van der Waals surface area contributed by atoms with Crippen LogP contribution >= 0.6 is 24.0 Å². The fourth-order valence-electron chi connectivity index (χ4n) is 1.63. The van der Waals surface area contributed by atoms with Gasteiger partial charge in [0, 0.05) is 12.2 Å². The van der Waals surface area contributed by atoms with Crippen LogP contribution in [0.3, 0.4) is 0 Å². The lowest BCUT2D eigenvalue weighted by molar-refractivity contribution is -0.119. The highest BCUT2D eigenvalue weighted by Crippen LogP contribution is 2.20. The number of carbonyl (C=O) groups is 1. The second-order valence-electron chi connectivity index (χ2n) is 4.48. The maximum atomic E-state index is 11.3. The van der Waals surface area contributed by atoms with Gasteiger partial charge >= 0.3 is 0 Å². The summed E-state index contributed by atoms with van der Waals surface area (Å²) in [7, 11) is 0. The summed E-state index contributed by atoms with van der Waals surface area (Å²) in [6.45, 7) is 3.58. The first-order valence-electron chi connectivity index (χ1n) is 6.79. The third-order valence-electron chi connectivity index (χ3n) is 2.79. The van der Waals surface area contributed by atoms with Crippen LogP contribution in [-0.4, -0.2) is 25.9 Å². The molecular formula is C14H17N5OS2. The first kappa shape index (κ1) is 16.4. The van der Waals surface area contributed by atoms with Crippen LogP contribution in [-0.2, 0) is 10.5 Å². The molecule has 2 N–H and O–H groups in total. The van der Waals surface area contributed by atoms with Crippen LogP contribution in [0, 0.1) is 6.92 Å². The Kier molecular flexibility index (Phi) is 5.91. The van der Waals surface area contributed by atoms with Gasteiger partial charge in [-0.1, -0.05) is 49.0 Å². The molecule has 0 saturated heterocycles. The number of hydrogen-bond donors (Lipinski definition) is 2. The lowest BCUT2D eigenvalue weighted by Gasteiger charge is -2.12. The van der Waals surface area contributed by atoms with E-state index >= 15 is 0 Å². The van der Waals surface area contributed by atoms with E-state index in [-0.39, 0.29) is 11.0 Å². The van der Waals surface area contributed by atoms with Crippen molar-refractivity contribution in [2.75, 3.05) is 5.43 Å². The molecular weight excluding hydrogens is 318 g/mol. The van der Waals surface area contributed by atoms with Crippen molar-refractivity contribution in [1.82, 2.24) is 20.2 Å². The number of rotatable bonds is 5. The fourth-order valence-corrected chi connectivity index (χ4v) is 2.73. The number of aromatic nitrogens is 3. The van der Waals surface area contributed by atoms with Gasteiger partial charge in [-0.25, -0.2) is 4.68 Å².